The maximum atomic E-state index is 13.2. The Bertz CT molecular complexity index is 987. The highest BCUT2D eigenvalue weighted by molar-refractivity contribution is 5.94. The van der Waals surface area contributed by atoms with Gasteiger partial charge in [0.05, 0.1) is 12.0 Å². The van der Waals surface area contributed by atoms with Gasteiger partial charge in [-0.1, -0.05) is 31.5 Å². The van der Waals surface area contributed by atoms with E-state index in [9.17, 15) is 4.79 Å². The van der Waals surface area contributed by atoms with E-state index in [1.54, 1.807) is 17.0 Å². The molecule has 6 heteroatoms. The number of furan rings is 1. The largest absolute Gasteiger partial charge is 0.463 e. The van der Waals surface area contributed by atoms with E-state index >= 15 is 0 Å². The molecule has 6 nitrogen and oxygen atoms in total. The molecule has 3 rings (SSSR count). The van der Waals surface area contributed by atoms with Crippen LogP contribution in [-0.2, 0) is 0 Å². The molecule has 2 aromatic heterocycles. The minimum atomic E-state index is -0.124. The molecule has 0 spiro atoms. The van der Waals surface area contributed by atoms with Gasteiger partial charge in [0, 0.05) is 12.1 Å². The van der Waals surface area contributed by atoms with Crippen molar-refractivity contribution >= 4 is 5.91 Å². The zero-order valence-electron chi connectivity index (χ0n) is 19.3. The second-order valence-corrected chi connectivity index (χ2v) is 8.14. The smallest absolute Gasteiger partial charge is 0.270 e. The summed E-state index contributed by atoms with van der Waals surface area (Å²) in [4.78, 5) is 15.6. The van der Waals surface area contributed by atoms with Crippen LogP contribution < -0.4 is 5.32 Å². The van der Waals surface area contributed by atoms with Crippen LogP contribution in [0.4, 0.5) is 0 Å². The number of rotatable bonds is 10. The number of aryl methyl sites for hydroxylation is 2. The number of nitrogens with one attached hydrogen (secondary N) is 1. The molecule has 3 aromatic rings. The summed E-state index contributed by atoms with van der Waals surface area (Å²) in [6.07, 6.45) is 3.60. The molecule has 31 heavy (non-hydrogen) atoms. The number of aromatic nitrogens is 2. The van der Waals surface area contributed by atoms with E-state index in [1.807, 2.05) is 31.2 Å². The highest BCUT2D eigenvalue weighted by Crippen LogP contribution is 2.24. The van der Waals surface area contributed by atoms with Crippen molar-refractivity contribution in [2.75, 3.05) is 19.6 Å². The van der Waals surface area contributed by atoms with Crippen LogP contribution >= 0.6 is 0 Å². The Morgan fingerprint density at radius 1 is 1.19 bits per heavy atom. The van der Waals surface area contributed by atoms with E-state index in [-0.39, 0.29) is 11.9 Å². The molecule has 0 saturated carbocycles. The van der Waals surface area contributed by atoms with Crippen molar-refractivity contribution in [1.82, 2.24) is 20.0 Å². The number of nitrogens with zero attached hydrogens (tertiary/aromatic N) is 3. The normalized spacial score (nSPS) is 12.3. The molecule has 0 saturated heterocycles. The van der Waals surface area contributed by atoms with E-state index in [1.165, 1.54) is 5.56 Å². The molecule has 0 radical (unpaired) electrons. The molecule has 1 aromatic carbocycles. The van der Waals surface area contributed by atoms with Crippen molar-refractivity contribution in [3.63, 3.8) is 0 Å². The molecular weight excluding hydrogens is 388 g/mol. The zero-order valence-corrected chi connectivity index (χ0v) is 19.3. The fourth-order valence-corrected chi connectivity index (χ4v) is 3.85. The Hall–Kier alpha value is -2.86. The summed E-state index contributed by atoms with van der Waals surface area (Å²) in [6.45, 7) is 13.7. The van der Waals surface area contributed by atoms with Gasteiger partial charge in [-0.2, -0.15) is 5.10 Å². The van der Waals surface area contributed by atoms with Crippen LogP contribution in [-0.4, -0.2) is 46.3 Å². The predicted molar refractivity (Wildman–Crippen MR) is 125 cm³/mol. The lowest BCUT2D eigenvalue weighted by Crippen LogP contribution is -2.34. The van der Waals surface area contributed by atoms with Crippen LogP contribution in [0.1, 0.15) is 55.2 Å². The van der Waals surface area contributed by atoms with Crippen LogP contribution in [0.15, 0.2) is 47.1 Å². The van der Waals surface area contributed by atoms with Crippen molar-refractivity contribution < 1.29 is 9.21 Å². The van der Waals surface area contributed by atoms with Crippen LogP contribution in [0.25, 0.3) is 17.1 Å². The lowest BCUT2D eigenvalue weighted by Gasteiger charge is -2.20. The summed E-state index contributed by atoms with van der Waals surface area (Å²) in [7, 11) is 0. The molecule has 1 amide bonds. The van der Waals surface area contributed by atoms with Gasteiger partial charge in [0.1, 0.15) is 11.4 Å². The number of carbonyl (C=O) groups is 1. The average Bonchev–Trinajstić information content (AvgIpc) is 3.41. The van der Waals surface area contributed by atoms with E-state index < -0.39 is 0 Å². The molecule has 1 atom stereocenters. The Morgan fingerprint density at radius 2 is 1.97 bits per heavy atom. The third kappa shape index (κ3) is 5.64. The zero-order chi connectivity index (χ0) is 22.4. The fraction of sp³-hybridized carbons (Fsp3) is 0.440. The minimum absolute atomic E-state index is 0.0811. The number of hydrogen-bond donors (Lipinski definition) is 1. The second kappa shape index (κ2) is 10.4. The van der Waals surface area contributed by atoms with Gasteiger partial charge in [-0.15, -0.1) is 0 Å². The lowest BCUT2D eigenvalue weighted by molar-refractivity contribution is 0.0929. The summed E-state index contributed by atoms with van der Waals surface area (Å²) >= 11 is 0. The van der Waals surface area contributed by atoms with Gasteiger partial charge in [0.15, 0.2) is 5.76 Å². The third-order valence-electron chi connectivity index (χ3n) is 5.68. The molecule has 166 valence electrons. The number of hydrogen-bond acceptors (Lipinski definition) is 4. The summed E-state index contributed by atoms with van der Waals surface area (Å²) < 4.78 is 7.25. The van der Waals surface area contributed by atoms with Crippen molar-refractivity contribution in [1.29, 1.82) is 0 Å². The molecular formula is C25H34N4O2. The second-order valence-electron chi connectivity index (χ2n) is 8.14. The van der Waals surface area contributed by atoms with Crippen molar-refractivity contribution in [3.8, 4) is 17.1 Å². The Balaban J connectivity index is 1.81. The molecule has 0 fully saturated rings. The molecule has 0 bridgehead atoms. The molecule has 0 aliphatic heterocycles. The highest BCUT2D eigenvalue weighted by Gasteiger charge is 2.21. The Kier molecular flexibility index (Phi) is 7.69. The maximum Gasteiger partial charge on any atom is 0.270 e. The Labute approximate surface area is 185 Å². The summed E-state index contributed by atoms with van der Waals surface area (Å²) in [5, 5.41) is 7.86. The van der Waals surface area contributed by atoms with Gasteiger partial charge in [0.25, 0.3) is 5.91 Å². The van der Waals surface area contributed by atoms with Crippen LogP contribution in [0.5, 0.6) is 0 Å². The van der Waals surface area contributed by atoms with E-state index in [0.717, 1.165) is 43.7 Å². The monoisotopic (exact) mass is 422 g/mol. The van der Waals surface area contributed by atoms with Gasteiger partial charge in [-0.3, -0.25) is 4.79 Å². The number of benzene rings is 1. The summed E-state index contributed by atoms with van der Waals surface area (Å²) in [5.41, 5.74) is 4.28. The van der Waals surface area contributed by atoms with Crippen LogP contribution in [0.2, 0.25) is 0 Å². The van der Waals surface area contributed by atoms with Crippen molar-refractivity contribution in [3.05, 3.63) is 59.5 Å². The molecule has 2 heterocycles. The van der Waals surface area contributed by atoms with Gasteiger partial charge in [-0.05, 0) is 77.0 Å². The topological polar surface area (TPSA) is 63.3 Å². The first-order valence-corrected chi connectivity index (χ1v) is 11.2. The SMILES string of the molecule is CCN(CC)CCC[C@@H](C)NC(=O)c1cc(-c2ccco2)nn1-c1ccc(C)cc1C. The van der Waals surface area contributed by atoms with Crippen LogP contribution in [0, 0.1) is 13.8 Å². The van der Waals surface area contributed by atoms with Gasteiger partial charge in [-0.25, -0.2) is 4.68 Å². The summed E-state index contributed by atoms with van der Waals surface area (Å²) in [6, 6.07) is 11.7. The van der Waals surface area contributed by atoms with Crippen LogP contribution in [0.3, 0.4) is 0 Å². The minimum Gasteiger partial charge on any atom is -0.463 e. The van der Waals surface area contributed by atoms with Crippen molar-refractivity contribution in [2.24, 2.45) is 0 Å². The number of amides is 1. The first kappa shape index (κ1) is 22.8. The predicted octanol–water partition coefficient (Wildman–Crippen LogP) is 4.99. The standard InChI is InChI=1S/C25H34N4O2/c1-6-28(7-2)14-8-10-20(5)26-25(30)23-17-21(24-11-9-15-31-24)27-29(23)22-13-12-18(3)16-19(22)4/h9,11-13,15-17,20H,6-8,10,14H2,1-5H3,(H,26,30)/t20-/m1/s1. The molecule has 1 N–H and O–H groups in total. The first-order chi connectivity index (χ1) is 14.9. The number of carbonyl (C=O) groups excluding carboxylic acids is 1. The van der Waals surface area contributed by atoms with Gasteiger partial charge < -0.3 is 14.6 Å². The molecule has 0 aliphatic rings. The molecule has 0 unspecified atom stereocenters. The van der Waals surface area contributed by atoms with Crippen molar-refractivity contribution in [2.45, 2.75) is 53.5 Å². The summed E-state index contributed by atoms with van der Waals surface area (Å²) in [5.74, 6) is 0.519. The van der Waals surface area contributed by atoms with E-state index in [0.29, 0.717) is 17.1 Å². The maximum absolute atomic E-state index is 13.2. The lowest BCUT2D eigenvalue weighted by atomic mass is 10.1. The van der Waals surface area contributed by atoms with E-state index in [2.05, 4.69) is 44.0 Å². The average molecular weight is 423 g/mol. The third-order valence-corrected chi connectivity index (χ3v) is 5.68. The highest BCUT2D eigenvalue weighted by atomic mass is 16.3. The Morgan fingerprint density at radius 3 is 2.61 bits per heavy atom. The van der Waals surface area contributed by atoms with Gasteiger partial charge in [0.2, 0.25) is 0 Å². The first-order valence-electron chi connectivity index (χ1n) is 11.2. The van der Waals surface area contributed by atoms with E-state index in [4.69, 9.17) is 9.52 Å². The molecule has 0 aliphatic carbocycles. The van der Waals surface area contributed by atoms with Gasteiger partial charge >= 0.3 is 0 Å². The quantitative estimate of drug-likeness (QED) is 0.500. The fourth-order valence-electron chi connectivity index (χ4n) is 3.85.